The Morgan fingerprint density at radius 2 is 2.04 bits per heavy atom. The predicted molar refractivity (Wildman–Crippen MR) is 104 cm³/mol. The number of nitrogens with zero attached hydrogens (tertiary/aromatic N) is 5. The van der Waals surface area contributed by atoms with Gasteiger partial charge in [0.25, 0.3) is 0 Å². The van der Waals surface area contributed by atoms with E-state index in [0.29, 0.717) is 19.2 Å². The van der Waals surface area contributed by atoms with Gasteiger partial charge in [-0.05, 0) is 24.6 Å². The van der Waals surface area contributed by atoms with Crippen LogP contribution in [0.2, 0.25) is 0 Å². The lowest BCUT2D eigenvalue weighted by Gasteiger charge is -2.28. The smallest absolute Gasteiger partial charge is 0.320 e. The molecule has 3 aromatic rings. The summed E-state index contributed by atoms with van der Waals surface area (Å²) in [5.41, 5.74) is 1.88. The molecule has 8 heteroatoms. The Labute approximate surface area is 158 Å². The number of anilines is 1. The van der Waals surface area contributed by atoms with Gasteiger partial charge < -0.3 is 19.7 Å². The van der Waals surface area contributed by atoms with Crippen molar-refractivity contribution < 1.29 is 9.47 Å². The number of benzene rings is 1. The zero-order valence-corrected chi connectivity index (χ0v) is 15.7. The number of nitrogens with one attached hydrogen (secondary N) is 1. The van der Waals surface area contributed by atoms with Gasteiger partial charge in [0.2, 0.25) is 0 Å². The molecule has 0 amide bonds. The van der Waals surface area contributed by atoms with Gasteiger partial charge in [0.1, 0.15) is 11.6 Å². The second kappa shape index (κ2) is 7.79. The maximum absolute atomic E-state index is 5.60. The van der Waals surface area contributed by atoms with E-state index in [1.807, 2.05) is 36.0 Å². The van der Waals surface area contributed by atoms with Crippen molar-refractivity contribution in [2.45, 2.75) is 13.5 Å². The summed E-state index contributed by atoms with van der Waals surface area (Å²) in [6.45, 7) is 6.90. The Kier molecular flexibility index (Phi) is 5.06. The molecule has 3 heterocycles. The average Bonchev–Trinajstić information content (AvgIpc) is 3.11. The molecule has 4 rings (SSSR count). The molecular weight excluding hydrogens is 344 g/mol. The van der Waals surface area contributed by atoms with E-state index in [9.17, 15) is 0 Å². The molecule has 0 bridgehead atoms. The predicted octanol–water partition coefficient (Wildman–Crippen LogP) is 1.69. The van der Waals surface area contributed by atoms with Gasteiger partial charge >= 0.3 is 6.01 Å². The van der Waals surface area contributed by atoms with Gasteiger partial charge in [0.05, 0.1) is 31.8 Å². The zero-order valence-electron chi connectivity index (χ0n) is 15.7. The second-order valence-corrected chi connectivity index (χ2v) is 6.39. The number of hydrogen-bond acceptors (Lipinski definition) is 7. The van der Waals surface area contributed by atoms with Crippen molar-refractivity contribution in [2.75, 3.05) is 44.8 Å². The highest BCUT2D eigenvalue weighted by Crippen LogP contribution is 2.27. The summed E-state index contributed by atoms with van der Waals surface area (Å²) in [4.78, 5) is 11.4. The molecule has 27 heavy (non-hydrogen) atoms. The molecule has 142 valence electrons. The summed E-state index contributed by atoms with van der Waals surface area (Å²) in [5.74, 6) is 1.74. The normalized spacial score (nSPS) is 14.5. The Morgan fingerprint density at radius 3 is 2.81 bits per heavy atom. The molecule has 1 fully saturated rings. The zero-order chi connectivity index (χ0) is 18.6. The lowest BCUT2D eigenvalue weighted by molar-refractivity contribution is 0.340. The van der Waals surface area contributed by atoms with E-state index in [4.69, 9.17) is 9.47 Å². The molecule has 1 aromatic carbocycles. The van der Waals surface area contributed by atoms with Crippen LogP contribution in [0.1, 0.15) is 12.5 Å². The van der Waals surface area contributed by atoms with Crippen molar-refractivity contribution in [3.63, 3.8) is 0 Å². The van der Waals surface area contributed by atoms with Crippen LogP contribution < -0.4 is 19.7 Å². The molecule has 0 atom stereocenters. The first-order valence-electron chi connectivity index (χ1n) is 9.23. The maximum Gasteiger partial charge on any atom is 0.320 e. The van der Waals surface area contributed by atoms with Gasteiger partial charge in [0, 0.05) is 26.2 Å². The number of rotatable bonds is 6. The summed E-state index contributed by atoms with van der Waals surface area (Å²) in [6, 6.07) is 8.41. The highest BCUT2D eigenvalue weighted by Gasteiger charge is 2.20. The van der Waals surface area contributed by atoms with Crippen LogP contribution in [-0.4, -0.2) is 59.6 Å². The van der Waals surface area contributed by atoms with Crippen LogP contribution in [0.4, 0.5) is 5.82 Å². The fraction of sp³-hybridized carbons (Fsp3) is 0.421. The summed E-state index contributed by atoms with van der Waals surface area (Å²) >= 11 is 0. The van der Waals surface area contributed by atoms with Crippen LogP contribution in [0.3, 0.4) is 0 Å². The van der Waals surface area contributed by atoms with Crippen LogP contribution in [0.5, 0.6) is 11.8 Å². The molecule has 0 saturated carbocycles. The molecule has 1 aliphatic heterocycles. The average molecular weight is 368 g/mol. The van der Waals surface area contributed by atoms with E-state index in [0.717, 1.165) is 54.3 Å². The van der Waals surface area contributed by atoms with Crippen molar-refractivity contribution in [3.8, 4) is 11.8 Å². The summed E-state index contributed by atoms with van der Waals surface area (Å²) in [5, 5.41) is 8.88. The Bertz CT molecular complexity index is 920. The Hall–Kier alpha value is -2.87. The topological polar surface area (TPSA) is 77.3 Å². The van der Waals surface area contributed by atoms with Gasteiger partial charge in [-0.25, -0.2) is 4.68 Å². The highest BCUT2D eigenvalue weighted by molar-refractivity contribution is 5.87. The van der Waals surface area contributed by atoms with E-state index in [1.54, 1.807) is 7.11 Å². The fourth-order valence-electron chi connectivity index (χ4n) is 3.32. The lowest BCUT2D eigenvalue weighted by Crippen LogP contribution is -2.44. The number of piperazine rings is 1. The van der Waals surface area contributed by atoms with Crippen molar-refractivity contribution in [1.82, 2.24) is 25.1 Å². The van der Waals surface area contributed by atoms with E-state index in [-0.39, 0.29) is 0 Å². The van der Waals surface area contributed by atoms with Crippen LogP contribution in [-0.2, 0) is 6.54 Å². The number of methoxy groups -OCH3 is 1. The third-order valence-electron chi connectivity index (χ3n) is 4.60. The number of aromatic nitrogens is 4. The Morgan fingerprint density at radius 1 is 1.19 bits per heavy atom. The van der Waals surface area contributed by atoms with Gasteiger partial charge in [-0.1, -0.05) is 12.1 Å². The fourth-order valence-corrected chi connectivity index (χ4v) is 3.32. The standard InChI is InChI=1S/C19H24N6O2/c1-3-27-15-6-4-5-14(11-15)13-25-18-16(12-21-25)17(22-19(23-18)26-2)24-9-7-20-8-10-24/h4-6,11-12,20H,3,7-10,13H2,1-2H3. The first-order valence-corrected chi connectivity index (χ1v) is 9.23. The van der Waals surface area contributed by atoms with E-state index < -0.39 is 0 Å². The summed E-state index contributed by atoms with van der Waals surface area (Å²) < 4.78 is 12.8. The van der Waals surface area contributed by atoms with E-state index in [1.165, 1.54) is 0 Å². The van der Waals surface area contributed by atoms with Gasteiger partial charge in [-0.15, -0.1) is 0 Å². The van der Waals surface area contributed by atoms with Crippen molar-refractivity contribution in [2.24, 2.45) is 0 Å². The molecule has 1 saturated heterocycles. The quantitative estimate of drug-likeness (QED) is 0.709. The third-order valence-corrected chi connectivity index (χ3v) is 4.60. The molecule has 1 aliphatic rings. The molecule has 0 unspecified atom stereocenters. The number of hydrogen-bond donors (Lipinski definition) is 1. The van der Waals surface area contributed by atoms with Crippen LogP contribution in [0, 0.1) is 0 Å². The van der Waals surface area contributed by atoms with Crippen molar-refractivity contribution in [3.05, 3.63) is 36.0 Å². The molecule has 0 radical (unpaired) electrons. The third kappa shape index (κ3) is 3.66. The first kappa shape index (κ1) is 17.5. The van der Waals surface area contributed by atoms with Gasteiger partial charge in [0.15, 0.2) is 5.65 Å². The molecule has 0 spiro atoms. The lowest BCUT2D eigenvalue weighted by atomic mass is 10.2. The van der Waals surface area contributed by atoms with Gasteiger partial charge in [-0.3, -0.25) is 0 Å². The largest absolute Gasteiger partial charge is 0.494 e. The maximum atomic E-state index is 5.60. The second-order valence-electron chi connectivity index (χ2n) is 6.39. The summed E-state index contributed by atoms with van der Waals surface area (Å²) in [6.07, 6.45) is 1.85. The number of ether oxygens (including phenoxy) is 2. The first-order chi connectivity index (χ1) is 13.3. The molecule has 2 aromatic heterocycles. The van der Waals surface area contributed by atoms with Crippen LogP contribution in [0.15, 0.2) is 30.5 Å². The van der Waals surface area contributed by atoms with Crippen molar-refractivity contribution >= 4 is 16.9 Å². The van der Waals surface area contributed by atoms with Gasteiger partial charge in [-0.2, -0.15) is 15.1 Å². The monoisotopic (exact) mass is 368 g/mol. The van der Waals surface area contributed by atoms with Crippen molar-refractivity contribution in [1.29, 1.82) is 0 Å². The van der Waals surface area contributed by atoms with Crippen LogP contribution in [0.25, 0.3) is 11.0 Å². The molecule has 0 aliphatic carbocycles. The molecule has 8 nitrogen and oxygen atoms in total. The Balaban J connectivity index is 1.70. The minimum absolute atomic E-state index is 0.362. The number of fused-ring (bicyclic) bond motifs is 1. The van der Waals surface area contributed by atoms with E-state index in [2.05, 4.69) is 31.3 Å². The minimum atomic E-state index is 0.362. The SMILES string of the molecule is CCOc1cccc(Cn2ncc3c(N4CCNCC4)nc(OC)nc32)c1. The summed E-state index contributed by atoms with van der Waals surface area (Å²) in [7, 11) is 1.59. The highest BCUT2D eigenvalue weighted by atomic mass is 16.5. The molecule has 1 N–H and O–H groups in total. The minimum Gasteiger partial charge on any atom is -0.494 e. The van der Waals surface area contributed by atoms with E-state index >= 15 is 0 Å². The molecular formula is C19H24N6O2. The van der Waals surface area contributed by atoms with Crippen LogP contribution >= 0.6 is 0 Å².